The van der Waals surface area contributed by atoms with Crippen LogP contribution in [0.3, 0.4) is 0 Å². The molecule has 0 amide bonds. The minimum Gasteiger partial charge on any atom is -0.383 e. The van der Waals surface area contributed by atoms with E-state index in [1.165, 1.54) is 10.2 Å². The topological polar surface area (TPSA) is 39.1 Å². The fourth-order valence-corrected chi connectivity index (χ4v) is 2.84. The molecule has 1 heterocycles. The van der Waals surface area contributed by atoms with Crippen molar-refractivity contribution >= 4 is 15.9 Å². The third-order valence-corrected chi connectivity index (χ3v) is 4.12. The van der Waals surface area contributed by atoms with Crippen LogP contribution < -0.4 is 5.32 Å². The summed E-state index contributed by atoms with van der Waals surface area (Å²) in [7, 11) is 3.72. The van der Waals surface area contributed by atoms with Gasteiger partial charge in [-0.25, -0.2) is 0 Å². The first-order valence-corrected chi connectivity index (χ1v) is 7.37. The summed E-state index contributed by atoms with van der Waals surface area (Å²) in [5, 5.41) is 7.90. The molecule has 4 nitrogen and oxygen atoms in total. The van der Waals surface area contributed by atoms with E-state index in [0.717, 1.165) is 38.1 Å². The lowest BCUT2D eigenvalue weighted by Gasteiger charge is -2.15. The summed E-state index contributed by atoms with van der Waals surface area (Å²) in [6.07, 6.45) is 3.03. The summed E-state index contributed by atoms with van der Waals surface area (Å²) >= 11 is 3.68. The first-order valence-electron chi connectivity index (χ1n) is 6.58. The Morgan fingerprint density at radius 1 is 1.44 bits per heavy atom. The normalized spacial score (nSPS) is 12.9. The molecule has 0 saturated heterocycles. The second-order valence-electron chi connectivity index (χ2n) is 4.36. The molecular formula is C13H24BrN3O. The van der Waals surface area contributed by atoms with Crippen molar-refractivity contribution in [3.8, 4) is 0 Å². The minimum absolute atomic E-state index is 0.396. The van der Waals surface area contributed by atoms with Gasteiger partial charge in [-0.2, -0.15) is 5.10 Å². The number of ether oxygens (including phenoxy) is 1. The molecule has 1 atom stereocenters. The number of nitrogens with zero attached hydrogens (tertiary/aromatic N) is 2. The van der Waals surface area contributed by atoms with Gasteiger partial charge < -0.3 is 10.1 Å². The number of nitrogens with one attached hydrogen (secondary N) is 1. The zero-order valence-electron chi connectivity index (χ0n) is 11.8. The van der Waals surface area contributed by atoms with E-state index in [1.54, 1.807) is 7.11 Å². The third kappa shape index (κ3) is 3.80. The van der Waals surface area contributed by atoms with E-state index < -0.39 is 0 Å². The van der Waals surface area contributed by atoms with Gasteiger partial charge >= 0.3 is 0 Å². The molecule has 18 heavy (non-hydrogen) atoms. The van der Waals surface area contributed by atoms with Crippen molar-refractivity contribution in [1.82, 2.24) is 15.1 Å². The molecule has 1 unspecified atom stereocenters. The molecule has 0 aromatic carbocycles. The van der Waals surface area contributed by atoms with Crippen molar-refractivity contribution in [2.24, 2.45) is 0 Å². The Bertz CT molecular complexity index is 365. The number of aryl methyl sites for hydroxylation is 2. The number of aromatic nitrogens is 2. The Balaban J connectivity index is 2.73. The van der Waals surface area contributed by atoms with Gasteiger partial charge in [-0.3, -0.25) is 4.68 Å². The number of likely N-dealkylation sites (N-methyl/N-ethyl adjacent to an activating group) is 1. The molecule has 0 aliphatic rings. The highest BCUT2D eigenvalue weighted by Gasteiger charge is 2.15. The van der Waals surface area contributed by atoms with E-state index in [9.17, 15) is 0 Å². The number of rotatable bonds is 8. The van der Waals surface area contributed by atoms with E-state index in [2.05, 4.69) is 44.9 Å². The Hall–Kier alpha value is -0.390. The first kappa shape index (κ1) is 15.7. The van der Waals surface area contributed by atoms with Crippen LogP contribution in [-0.4, -0.2) is 36.6 Å². The van der Waals surface area contributed by atoms with E-state index in [4.69, 9.17) is 4.74 Å². The average Bonchev–Trinajstić information content (AvgIpc) is 2.70. The van der Waals surface area contributed by atoms with Crippen LogP contribution in [0.25, 0.3) is 0 Å². The number of methoxy groups -OCH3 is 1. The van der Waals surface area contributed by atoms with Gasteiger partial charge in [-0.15, -0.1) is 0 Å². The fourth-order valence-electron chi connectivity index (χ4n) is 2.08. The standard InChI is InChI=1S/C13H24BrN3O/c1-5-11-13(14)12(17(6-2)16-11)8-7-10(15-3)9-18-4/h10,15H,5-9H2,1-4H3. The van der Waals surface area contributed by atoms with Crippen molar-refractivity contribution in [3.05, 3.63) is 15.9 Å². The van der Waals surface area contributed by atoms with Gasteiger partial charge in [0.2, 0.25) is 0 Å². The quantitative estimate of drug-likeness (QED) is 0.800. The van der Waals surface area contributed by atoms with E-state index in [-0.39, 0.29) is 0 Å². The molecule has 0 fully saturated rings. The summed E-state index contributed by atoms with van der Waals surface area (Å²) in [5.74, 6) is 0. The SMILES string of the molecule is CCc1nn(CC)c(CCC(COC)NC)c1Br. The zero-order valence-corrected chi connectivity index (χ0v) is 13.4. The Labute approximate surface area is 118 Å². The lowest BCUT2D eigenvalue weighted by Crippen LogP contribution is -2.30. The molecule has 0 aliphatic heterocycles. The van der Waals surface area contributed by atoms with Crippen LogP contribution in [0.5, 0.6) is 0 Å². The molecule has 5 heteroatoms. The predicted octanol–water partition coefficient (Wildman–Crippen LogP) is 2.39. The molecule has 0 saturated carbocycles. The molecule has 0 radical (unpaired) electrons. The molecular weight excluding hydrogens is 294 g/mol. The van der Waals surface area contributed by atoms with Crippen LogP contribution in [0.4, 0.5) is 0 Å². The zero-order chi connectivity index (χ0) is 13.5. The lowest BCUT2D eigenvalue weighted by molar-refractivity contribution is 0.166. The van der Waals surface area contributed by atoms with Crippen LogP contribution >= 0.6 is 15.9 Å². The summed E-state index contributed by atoms with van der Waals surface area (Å²) in [5.41, 5.74) is 2.45. The van der Waals surface area contributed by atoms with Crippen LogP contribution in [0.1, 0.15) is 31.7 Å². The van der Waals surface area contributed by atoms with Gasteiger partial charge in [0.25, 0.3) is 0 Å². The monoisotopic (exact) mass is 317 g/mol. The Kier molecular flexibility index (Phi) is 6.89. The van der Waals surface area contributed by atoms with Crippen LogP contribution in [0.2, 0.25) is 0 Å². The van der Waals surface area contributed by atoms with Crippen molar-refractivity contribution in [1.29, 1.82) is 0 Å². The van der Waals surface area contributed by atoms with E-state index >= 15 is 0 Å². The summed E-state index contributed by atoms with van der Waals surface area (Å²) in [4.78, 5) is 0. The van der Waals surface area contributed by atoms with Crippen molar-refractivity contribution in [2.45, 2.75) is 45.7 Å². The highest BCUT2D eigenvalue weighted by molar-refractivity contribution is 9.10. The van der Waals surface area contributed by atoms with E-state index in [0.29, 0.717) is 6.04 Å². The van der Waals surface area contributed by atoms with Crippen molar-refractivity contribution < 1.29 is 4.74 Å². The minimum atomic E-state index is 0.396. The van der Waals surface area contributed by atoms with Gasteiger partial charge in [0.1, 0.15) is 0 Å². The average molecular weight is 318 g/mol. The summed E-state index contributed by atoms with van der Waals surface area (Å²) in [6, 6.07) is 0.396. The maximum Gasteiger partial charge on any atom is 0.0766 e. The molecule has 1 rings (SSSR count). The molecule has 0 spiro atoms. The molecule has 1 N–H and O–H groups in total. The largest absolute Gasteiger partial charge is 0.383 e. The van der Waals surface area contributed by atoms with Crippen molar-refractivity contribution in [2.75, 3.05) is 20.8 Å². The predicted molar refractivity (Wildman–Crippen MR) is 78.0 cm³/mol. The Morgan fingerprint density at radius 3 is 2.67 bits per heavy atom. The fraction of sp³-hybridized carbons (Fsp3) is 0.769. The van der Waals surface area contributed by atoms with Gasteiger partial charge in [0.05, 0.1) is 22.5 Å². The highest BCUT2D eigenvalue weighted by Crippen LogP contribution is 2.23. The molecule has 0 aliphatic carbocycles. The van der Waals surface area contributed by atoms with Crippen LogP contribution in [0, 0.1) is 0 Å². The number of hydrogen-bond acceptors (Lipinski definition) is 3. The van der Waals surface area contributed by atoms with Crippen LogP contribution in [-0.2, 0) is 24.1 Å². The van der Waals surface area contributed by atoms with E-state index in [1.807, 2.05) is 7.05 Å². The summed E-state index contributed by atoms with van der Waals surface area (Å²) in [6.45, 7) is 5.93. The first-order chi connectivity index (χ1) is 8.67. The smallest absolute Gasteiger partial charge is 0.0766 e. The third-order valence-electron chi connectivity index (χ3n) is 3.20. The lowest BCUT2D eigenvalue weighted by atomic mass is 10.1. The van der Waals surface area contributed by atoms with Crippen LogP contribution in [0.15, 0.2) is 4.47 Å². The van der Waals surface area contributed by atoms with Gasteiger partial charge in [0, 0.05) is 19.7 Å². The second kappa shape index (κ2) is 7.92. The van der Waals surface area contributed by atoms with Gasteiger partial charge in [0.15, 0.2) is 0 Å². The number of halogens is 1. The maximum atomic E-state index is 5.20. The van der Waals surface area contributed by atoms with Gasteiger partial charge in [-0.05, 0) is 49.2 Å². The van der Waals surface area contributed by atoms with Crippen molar-refractivity contribution in [3.63, 3.8) is 0 Å². The highest BCUT2D eigenvalue weighted by atomic mass is 79.9. The second-order valence-corrected chi connectivity index (χ2v) is 5.15. The molecule has 1 aromatic rings. The van der Waals surface area contributed by atoms with Gasteiger partial charge in [-0.1, -0.05) is 6.92 Å². The molecule has 0 bridgehead atoms. The number of hydrogen-bond donors (Lipinski definition) is 1. The Morgan fingerprint density at radius 2 is 2.17 bits per heavy atom. The summed E-state index contributed by atoms with van der Waals surface area (Å²) < 4.78 is 8.48. The maximum absolute atomic E-state index is 5.20. The molecule has 1 aromatic heterocycles. The molecule has 104 valence electrons.